The summed E-state index contributed by atoms with van der Waals surface area (Å²) in [5.41, 5.74) is 3.42. The molecule has 4 rings (SSSR count). The summed E-state index contributed by atoms with van der Waals surface area (Å²) in [6.07, 6.45) is 7.42. The van der Waals surface area contributed by atoms with Crippen LogP contribution in [0.5, 0.6) is 0 Å². The number of hydrogen-bond acceptors (Lipinski definition) is 6. The van der Waals surface area contributed by atoms with E-state index >= 15 is 0 Å². The average molecular weight is 300 g/mol. The Bertz CT molecular complexity index is 869. The molecule has 0 aliphatic carbocycles. The fourth-order valence-electron chi connectivity index (χ4n) is 2.17. The lowest BCUT2D eigenvalue weighted by Gasteiger charge is -2.06. The van der Waals surface area contributed by atoms with E-state index in [1.54, 1.807) is 20.9 Å². The van der Waals surface area contributed by atoms with Crippen molar-refractivity contribution in [3.05, 3.63) is 36.0 Å². The summed E-state index contributed by atoms with van der Waals surface area (Å²) in [4.78, 5) is 9.70. The second-order valence-corrected chi connectivity index (χ2v) is 5.56. The van der Waals surface area contributed by atoms with Gasteiger partial charge in [-0.2, -0.15) is 5.10 Å². The van der Waals surface area contributed by atoms with Crippen molar-refractivity contribution in [2.75, 3.05) is 0 Å². The summed E-state index contributed by atoms with van der Waals surface area (Å²) in [5.74, 6) is 0.793. The van der Waals surface area contributed by atoms with Crippen molar-refractivity contribution < 1.29 is 0 Å². The summed E-state index contributed by atoms with van der Waals surface area (Å²) >= 11 is 1.51. The molecule has 4 aromatic rings. The summed E-state index contributed by atoms with van der Waals surface area (Å²) in [5, 5.41) is 12.6. The molecule has 0 amide bonds. The molecule has 0 saturated heterocycles. The van der Waals surface area contributed by atoms with Crippen LogP contribution in [0.3, 0.4) is 0 Å². The lowest BCUT2D eigenvalue weighted by Crippen LogP contribution is -2.07. The molecule has 4 aromatic heterocycles. The maximum atomic E-state index is 4.55. The third kappa shape index (κ3) is 1.93. The van der Waals surface area contributed by atoms with Crippen molar-refractivity contribution in [2.24, 2.45) is 7.05 Å². The van der Waals surface area contributed by atoms with Crippen LogP contribution in [0.1, 0.15) is 18.7 Å². The van der Waals surface area contributed by atoms with Gasteiger partial charge >= 0.3 is 0 Å². The number of nitrogens with zero attached hydrogens (tertiary/aromatic N) is 8. The summed E-state index contributed by atoms with van der Waals surface area (Å²) < 4.78 is 5.47. The summed E-state index contributed by atoms with van der Waals surface area (Å²) in [6.45, 7) is 2.03. The van der Waals surface area contributed by atoms with Gasteiger partial charge in [-0.15, -0.1) is 5.10 Å². The number of rotatable bonds is 3. The van der Waals surface area contributed by atoms with Crippen LogP contribution in [-0.2, 0) is 7.05 Å². The fraction of sp³-hybridized carbons (Fsp3) is 0.250. The van der Waals surface area contributed by atoms with Gasteiger partial charge in [0.1, 0.15) is 11.2 Å². The third-order valence-electron chi connectivity index (χ3n) is 3.39. The van der Waals surface area contributed by atoms with E-state index < -0.39 is 0 Å². The van der Waals surface area contributed by atoms with Gasteiger partial charge in [-0.3, -0.25) is 0 Å². The summed E-state index contributed by atoms with van der Waals surface area (Å²) in [7, 11) is 1.93. The van der Waals surface area contributed by atoms with Crippen LogP contribution in [0.15, 0.2) is 30.3 Å². The van der Waals surface area contributed by atoms with Gasteiger partial charge in [0.2, 0.25) is 4.96 Å². The first-order valence-corrected chi connectivity index (χ1v) is 7.28. The van der Waals surface area contributed by atoms with Crippen LogP contribution in [0, 0.1) is 0 Å². The topological polar surface area (TPSA) is 78.7 Å². The molecule has 8 nitrogen and oxygen atoms in total. The SMILES string of the molecule is CC(c1cn2ncsc2n1)n1cc(-c2nccn2C)nn1. The van der Waals surface area contributed by atoms with Crippen LogP contribution in [0.2, 0.25) is 0 Å². The summed E-state index contributed by atoms with van der Waals surface area (Å²) in [6, 6.07) is -0.0135. The molecule has 0 saturated carbocycles. The standard InChI is InChI=1S/C12H12N8S/c1-8(9-5-20-12(15-9)21-7-14-20)19-6-10(16-17-19)11-13-3-4-18(11)2/h3-8H,1-2H3. The zero-order chi connectivity index (χ0) is 14.4. The molecule has 1 unspecified atom stereocenters. The number of aryl methyl sites for hydroxylation is 1. The van der Waals surface area contributed by atoms with E-state index in [4.69, 9.17) is 0 Å². The third-order valence-corrected chi connectivity index (χ3v) is 4.08. The highest BCUT2D eigenvalue weighted by atomic mass is 32.1. The molecule has 9 heteroatoms. The first kappa shape index (κ1) is 12.2. The minimum absolute atomic E-state index is 0.0135. The Labute approximate surface area is 123 Å². The van der Waals surface area contributed by atoms with E-state index in [2.05, 4.69) is 25.4 Å². The molecule has 0 N–H and O–H groups in total. The van der Waals surface area contributed by atoms with Gasteiger partial charge in [0.25, 0.3) is 0 Å². The molecule has 0 radical (unpaired) electrons. The van der Waals surface area contributed by atoms with Gasteiger partial charge in [0, 0.05) is 19.4 Å². The molecular formula is C12H12N8S. The van der Waals surface area contributed by atoms with E-state index in [0.717, 1.165) is 22.2 Å². The number of hydrogen-bond donors (Lipinski definition) is 0. The van der Waals surface area contributed by atoms with Crippen molar-refractivity contribution >= 4 is 16.3 Å². The smallest absolute Gasteiger partial charge is 0.212 e. The molecule has 4 heterocycles. The first-order valence-electron chi connectivity index (χ1n) is 6.40. The predicted molar refractivity (Wildman–Crippen MR) is 76.9 cm³/mol. The second kappa shape index (κ2) is 4.48. The van der Waals surface area contributed by atoms with Crippen molar-refractivity contribution in [3.8, 4) is 11.5 Å². The average Bonchev–Trinajstić information content (AvgIpc) is 3.20. The number of imidazole rings is 2. The van der Waals surface area contributed by atoms with Gasteiger partial charge in [0.05, 0.1) is 24.1 Å². The van der Waals surface area contributed by atoms with Crippen LogP contribution in [-0.4, -0.2) is 39.1 Å². The molecule has 0 spiro atoms. The van der Waals surface area contributed by atoms with Crippen molar-refractivity contribution in [1.29, 1.82) is 0 Å². The maximum Gasteiger partial charge on any atom is 0.212 e. The molecule has 106 valence electrons. The van der Waals surface area contributed by atoms with Crippen molar-refractivity contribution in [3.63, 3.8) is 0 Å². The van der Waals surface area contributed by atoms with Crippen LogP contribution in [0.4, 0.5) is 0 Å². The van der Waals surface area contributed by atoms with Crippen LogP contribution >= 0.6 is 11.3 Å². The Hall–Kier alpha value is -2.55. The molecule has 0 aliphatic heterocycles. The highest BCUT2D eigenvalue weighted by Gasteiger charge is 2.16. The zero-order valence-corrected chi connectivity index (χ0v) is 12.3. The van der Waals surface area contributed by atoms with Gasteiger partial charge in [0.15, 0.2) is 5.82 Å². The number of aromatic nitrogens is 8. The molecular weight excluding hydrogens is 288 g/mol. The fourth-order valence-corrected chi connectivity index (χ4v) is 2.78. The van der Waals surface area contributed by atoms with E-state index in [9.17, 15) is 0 Å². The molecule has 0 fully saturated rings. The molecule has 1 atom stereocenters. The van der Waals surface area contributed by atoms with E-state index in [-0.39, 0.29) is 6.04 Å². The minimum Gasteiger partial charge on any atom is -0.333 e. The Morgan fingerprint density at radius 3 is 2.95 bits per heavy atom. The maximum absolute atomic E-state index is 4.55. The van der Waals surface area contributed by atoms with E-state index in [1.165, 1.54) is 11.3 Å². The van der Waals surface area contributed by atoms with E-state index in [1.807, 2.05) is 37.1 Å². The predicted octanol–water partition coefficient (Wildman–Crippen LogP) is 1.39. The number of fused-ring (bicyclic) bond motifs is 1. The first-order chi connectivity index (χ1) is 10.2. The molecule has 21 heavy (non-hydrogen) atoms. The Morgan fingerprint density at radius 1 is 1.29 bits per heavy atom. The highest BCUT2D eigenvalue weighted by Crippen LogP contribution is 2.20. The highest BCUT2D eigenvalue weighted by molar-refractivity contribution is 7.14. The van der Waals surface area contributed by atoms with Crippen LogP contribution in [0.25, 0.3) is 16.5 Å². The Balaban J connectivity index is 1.68. The van der Waals surface area contributed by atoms with E-state index in [0.29, 0.717) is 0 Å². The lowest BCUT2D eigenvalue weighted by atomic mass is 10.2. The van der Waals surface area contributed by atoms with Gasteiger partial charge in [-0.25, -0.2) is 19.2 Å². The molecule has 0 aromatic carbocycles. The zero-order valence-electron chi connectivity index (χ0n) is 11.5. The molecule has 0 aliphatic rings. The molecule has 0 bridgehead atoms. The Morgan fingerprint density at radius 2 is 2.19 bits per heavy atom. The quantitative estimate of drug-likeness (QED) is 0.571. The largest absolute Gasteiger partial charge is 0.333 e. The van der Waals surface area contributed by atoms with Crippen molar-refractivity contribution in [1.82, 2.24) is 39.1 Å². The van der Waals surface area contributed by atoms with Gasteiger partial charge < -0.3 is 4.57 Å². The van der Waals surface area contributed by atoms with Crippen LogP contribution < -0.4 is 0 Å². The second-order valence-electron chi connectivity index (χ2n) is 4.75. The van der Waals surface area contributed by atoms with Gasteiger partial charge in [-0.1, -0.05) is 16.6 Å². The normalized spacial score (nSPS) is 13.0. The monoisotopic (exact) mass is 300 g/mol. The minimum atomic E-state index is -0.0135. The van der Waals surface area contributed by atoms with Crippen molar-refractivity contribution in [2.45, 2.75) is 13.0 Å². The Kier molecular flexibility index (Phi) is 2.61. The lowest BCUT2D eigenvalue weighted by molar-refractivity contribution is 0.533. The van der Waals surface area contributed by atoms with Gasteiger partial charge in [-0.05, 0) is 6.92 Å².